The van der Waals surface area contributed by atoms with Crippen molar-refractivity contribution in [1.82, 2.24) is 15.2 Å². The zero-order chi connectivity index (χ0) is 20.1. The number of nitrogens with zero attached hydrogens (tertiary/aromatic N) is 2. The Morgan fingerprint density at radius 1 is 1.31 bits per heavy atom. The number of pyridine rings is 1. The van der Waals surface area contributed by atoms with E-state index in [2.05, 4.69) is 17.2 Å². The highest BCUT2D eigenvalue weighted by molar-refractivity contribution is 6.00. The Labute approximate surface area is 174 Å². The van der Waals surface area contributed by atoms with Crippen LogP contribution in [0.15, 0.2) is 36.5 Å². The standard InChI is InChI=1S/C20H23N3O5.ClH/c1-2-3-6-9-23-12-16(28-20(26)27)17(19(23)25)22-18(24)14-10-13-7-4-5-8-15(13)21-11-14;/h4-5,7-8,10-11,16-17H,2-3,6,9,12H2,1H3,(H,22,24)(H,26,27);1H/t16-,17-;/m0./s1. The summed E-state index contributed by atoms with van der Waals surface area (Å²) >= 11 is 0. The zero-order valence-corrected chi connectivity index (χ0v) is 16.9. The van der Waals surface area contributed by atoms with Gasteiger partial charge in [0.25, 0.3) is 5.91 Å². The number of halogens is 1. The van der Waals surface area contributed by atoms with Crippen molar-refractivity contribution in [3.63, 3.8) is 0 Å². The van der Waals surface area contributed by atoms with Crippen LogP contribution in [0.3, 0.4) is 0 Å². The molecule has 2 atom stereocenters. The van der Waals surface area contributed by atoms with Crippen molar-refractivity contribution in [3.8, 4) is 0 Å². The fraction of sp³-hybridized carbons (Fsp3) is 0.400. The molecule has 0 unspecified atom stereocenters. The smallest absolute Gasteiger partial charge is 0.450 e. The van der Waals surface area contributed by atoms with Crippen LogP contribution in [0.2, 0.25) is 0 Å². The summed E-state index contributed by atoms with van der Waals surface area (Å²) in [5.41, 5.74) is 1.05. The first-order chi connectivity index (χ1) is 13.5. The van der Waals surface area contributed by atoms with E-state index in [9.17, 15) is 14.4 Å². The van der Waals surface area contributed by atoms with Gasteiger partial charge < -0.3 is 20.1 Å². The first-order valence-corrected chi connectivity index (χ1v) is 9.33. The number of ether oxygens (including phenoxy) is 1. The second-order valence-corrected chi connectivity index (χ2v) is 6.78. The highest BCUT2D eigenvalue weighted by atomic mass is 35.5. The van der Waals surface area contributed by atoms with E-state index in [-0.39, 0.29) is 24.9 Å². The van der Waals surface area contributed by atoms with E-state index < -0.39 is 24.2 Å². The van der Waals surface area contributed by atoms with Crippen molar-refractivity contribution >= 4 is 41.3 Å². The molecule has 156 valence electrons. The van der Waals surface area contributed by atoms with Crippen molar-refractivity contribution in [1.29, 1.82) is 0 Å². The first-order valence-electron chi connectivity index (χ1n) is 9.33. The Morgan fingerprint density at radius 2 is 2.07 bits per heavy atom. The summed E-state index contributed by atoms with van der Waals surface area (Å²) in [4.78, 5) is 42.2. The topological polar surface area (TPSA) is 109 Å². The lowest BCUT2D eigenvalue weighted by molar-refractivity contribution is -0.129. The summed E-state index contributed by atoms with van der Waals surface area (Å²) in [5, 5.41) is 12.4. The molecule has 2 heterocycles. The number of amides is 2. The molecule has 0 aliphatic carbocycles. The number of aromatic nitrogens is 1. The Bertz CT molecular complexity index is 891. The predicted molar refractivity (Wildman–Crippen MR) is 109 cm³/mol. The lowest BCUT2D eigenvalue weighted by Gasteiger charge is -2.17. The maximum Gasteiger partial charge on any atom is 0.506 e. The molecule has 29 heavy (non-hydrogen) atoms. The third-order valence-electron chi connectivity index (χ3n) is 4.77. The fourth-order valence-corrected chi connectivity index (χ4v) is 3.33. The molecule has 0 saturated carbocycles. The predicted octanol–water partition coefficient (Wildman–Crippen LogP) is 2.85. The van der Waals surface area contributed by atoms with Crippen molar-refractivity contribution in [2.75, 3.05) is 13.1 Å². The van der Waals surface area contributed by atoms with Gasteiger partial charge >= 0.3 is 6.16 Å². The van der Waals surface area contributed by atoms with Crippen molar-refractivity contribution in [2.45, 2.75) is 38.3 Å². The molecule has 2 N–H and O–H groups in total. The highest BCUT2D eigenvalue weighted by Crippen LogP contribution is 2.18. The van der Waals surface area contributed by atoms with Crippen LogP contribution in [0.1, 0.15) is 36.5 Å². The van der Waals surface area contributed by atoms with Crippen LogP contribution in [0.4, 0.5) is 4.79 Å². The molecule has 0 radical (unpaired) electrons. The maximum absolute atomic E-state index is 12.7. The number of carbonyl (C=O) groups excluding carboxylic acids is 2. The minimum atomic E-state index is -1.47. The lowest BCUT2D eigenvalue weighted by atomic mass is 10.1. The summed E-state index contributed by atoms with van der Waals surface area (Å²) in [7, 11) is 0. The Morgan fingerprint density at radius 3 is 2.79 bits per heavy atom. The van der Waals surface area contributed by atoms with E-state index >= 15 is 0 Å². The van der Waals surface area contributed by atoms with Crippen LogP contribution >= 0.6 is 12.4 Å². The molecule has 1 saturated heterocycles. The van der Waals surface area contributed by atoms with Gasteiger partial charge in [0.2, 0.25) is 5.91 Å². The second kappa shape index (κ2) is 10.1. The second-order valence-electron chi connectivity index (χ2n) is 6.78. The Balaban J connectivity index is 0.00000300. The lowest BCUT2D eigenvalue weighted by Crippen LogP contribution is -2.47. The summed E-state index contributed by atoms with van der Waals surface area (Å²) < 4.78 is 4.86. The molecule has 1 aliphatic rings. The van der Waals surface area contributed by atoms with Gasteiger partial charge in [0, 0.05) is 18.1 Å². The third-order valence-corrected chi connectivity index (χ3v) is 4.77. The minimum absolute atomic E-state index is 0. The van der Waals surface area contributed by atoms with Gasteiger partial charge in [-0.2, -0.15) is 0 Å². The number of hydrogen-bond donors (Lipinski definition) is 2. The first kappa shape index (κ1) is 22.4. The number of fused-ring (bicyclic) bond motifs is 1. The van der Waals surface area contributed by atoms with Crippen LogP contribution in [-0.4, -0.2) is 58.2 Å². The van der Waals surface area contributed by atoms with E-state index in [1.807, 2.05) is 24.3 Å². The van der Waals surface area contributed by atoms with Crippen LogP contribution in [0.25, 0.3) is 10.9 Å². The number of likely N-dealkylation sites (tertiary alicyclic amines) is 1. The average Bonchev–Trinajstić information content (AvgIpc) is 2.96. The quantitative estimate of drug-likeness (QED) is 0.525. The van der Waals surface area contributed by atoms with Crippen LogP contribution in [-0.2, 0) is 9.53 Å². The number of carbonyl (C=O) groups is 3. The van der Waals surface area contributed by atoms with Crippen LogP contribution in [0, 0.1) is 0 Å². The maximum atomic E-state index is 12.7. The van der Waals surface area contributed by atoms with Gasteiger partial charge in [-0.15, -0.1) is 12.4 Å². The number of para-hydroxylation sites is 1. The van der Waals surface area contributed by atoms with Gasteiger partial charge in [0.15, 0.2) is 6.10 Å². The molecule has 2 aromatic rings. The third kappa shape index (κ3) is 5.35. The number of nitrogens with one attached hydrogen (secondary N) is 1. The van der Waals surface area contributed by atoms with Gasteiger partial charge in [0.05, 0.1) is 17.6 Å². The van der Waals surface area contributed by atoms with E-state index in [4.69, 9.17) is 9.84 Å². The highest BCUT2D eigenvalue weighted by Gasteiger charge is 2.43. The molecule has 1 aromatic carbocycles. The number of benzene rings is 1. The van der Waals surface area contributed by atoms with E-state index in [1.165, 1.54) is 6.20 Å². The van der Waals surface area contributed by atoms with Gasteiger partial charge in [-0.3, -0.25) is 14.6 Å². The SMILES string of the molecule is CCCCCN1C[C@H](OC(=O)O)[C@H](NC(=O)c2cnc3ccccc3c2)C1=O.Cl. The number of rotatable bonds is 7. The van der Waals surface area contributed by atoms with E-state index in [0.29, 0.717) is 12.1 Å². The largest absolute Gasteiger partial charge is 0.506 e. The van der Waals surface area contributed by atoms with E-state index in [1.54, 1.807) is 11.0 Å². The molecule has 0 spiro atoms. The monoisotopic (exact) mass is 421 g/mol. The molecular weight excluding hydrogens is 398 g/mol. The molecule has 0 bridgehead atoms. The van der Waals surface area contributed by atoms with Gasteiger partial charge in [-0.1, -0.05) is 38.0 Å². The van der Waals surface area contributed by atoms with E-state index in [0.717, 1.165) is 30.2 Å². The molecule has 1 aliphatic heterocycles. The summed E-state index contributed by atoms with van der Waals surface area (Å²) in [6, 6.07) is 8.01. The number of unbranched alkanes of at least 4 members (excludes halogenated alkanes) is 2. The Kier molecular flexibility index (Phi) is 7.78. The molecule has 1 aromatic heterocycles. The van der Waals surface area contributed by atoms with Crippen molar-refractivity contribution < 1.29 is 24.2 Å². The zero-order valence-electron chi connectivity index (χ0n) is 16.0. The fourth-order valence-electron chi connectivity index (χ4n) is 3.33. The van der Waals surface area contributed by atoms with Crippen LogP contribution < -0.4 is 5.32 Å². The average molecular weight is 422 g/mol. The van der Waals surface area contributed by atoms with Crippen molar-refractivity contribution in [3.05, 3.63) is 42.1 Å². The van der Waals surface area contributed by atoms with Gasteiger partial charge in [0.1, 0.15) is 6.04 Å². The number of carboxylic acid groups (broad SMARTS) is 1. The van der Waals surface area contributed by atoms with Gasteiger partial charge in [-0.25, -0.2) is 4.79 Å². The van der Waals surface area contributed by atoms with Crippen molar-refractivity contribution in [2.24, 2.45) is 0 Å². The summed E-state index contributed by atoms with van der Waals surface area (Å²) in [5.74, 6) is -0.824. The summed E-state index contributed by atoms with van der Waals surface area (Å²) in [6.07, 6.45) is 1.81. The molecular formula is C20H24ClN3O5. The minimum Gasteiger partial charge on any atom is -0.450 e. The van der Waals surface area contributed by atoms with Gasteiger partial charge in [-0.05, 0) is 18.6 Å². The number of hydrogen-bond acceptors (Lipinski definition) is 5. The Hall–Kier alpha value is -2.87. The molecule has 1 fully saturated rings. The summed E-state index contributed by atoms with van der Waals surface area (Å²) in [6.45, 7) is 2.70. The molecule has 3 rings (SSSR count). The normalized spacial score (nSPS) is 18.4. The molecule has 2 amide bonds. The molecule has 8 nitrogen and oxygen atoms in total. The van der Waals surface area contributed by atoms with Crippen LogP contribution in [0.5, 0.6) is 0 Å². The molecule has 9 heteroatoms.